The van der Waals surface area contributed by atoms with Crippen LogP contribution in [0.15, 0.2) is 36.4 Å². The van der Waals surface area contributed by atoms with E-state index >= 15 is 0 Å². The summed E-state index contributed by atoms with van der Waals surface area (Å²) < 4.78 is 15.3. The number of amides is 1. The Bertz CT molecular complexity index is 1000. The van der Waals surface area contributed by atoms with E-state index in [2.05, 4.69) is 20.7 Å². The molecule has 1 atom stereocenters. The van der Waals surface area contributed by atoms with Crippen molar-refractivity contribution in [2.45, 2.75) is 12.5 Å². The van der Waals surface area contributed by atoms with Gasteiger partial charge >= 0.3 is 5.97 Å². The van der Waals surface area contributed by atoms with Gasteiger partial charge in [-0.2, -0.15) is 15.4 Å². The largest absolute Gasteiger partial charge is 0.493 e. The number of esters is 1. The molecule has 9 nitrogen and oxygen atoms in total. The molecule has 3 rings (SSSR count). The van der Waals surface area contributed by atoms with Crippen molar-refractivity contribution in [3.8, 4) is 11.5 Å². The van der Waals surface area contributed by atoms with Crippen LogP contribution >= 0.6 is 0 Å². The fourth-order valence-electron chi connectivity index (χ4n) is 2.79. The predicted molar refractivity (Wildman–Crippen MR) is 100 cm³/mol. The van der Waals surface area contributed by atoms with Crippen molar-refractivity contribution in [3.63, 3.8) is 0 Å². The molecule has 0 saturated carbocycles. The van der Waals surface area contributed by atoms with E-state index in [1.165, 1.54) is 21.3 Å². The number of hydrogen-bond acceptors (Lipinski definition) is 7. The van der Waals surface area contributed by atoms with Crippen molar-refractivity contribution in [3.05, 3.63) is 47.5 Å². The highest BCUT2D eigenvalue weighted by Crippen LogP contribution is 2.31. The van der Waals surface area contributed by atoms with E-state index in [0.717, 1.165) is 0 Å². The Morgan fingerprint density at radius 1 is 1.00 bits per heavy atom. The summed E-state index contributed by atoms with van der Waals surface area (Å²) in [6, 6.07) is 9.53. The number of hydrogen-bond donors (Lipinski definition) is 2. The zero-order valence-corrected chi connectivity index (χ0v) is 15.7. The Morgan fingerprint density at radius 2 is 1.75 bits per heavy atom. The van der Waals surface area contributed by atoms with E-state index in [1.807, 2.05) is 0 Å². The van der Waals surface area contributed by atoms with E-state index in [0.29, 0.717) is 33.7 Å². The molecule has 0 aliphatic rings. The van der Waals surface area contributed by atoms with Crippen LogP contribution in [0.1, 0.15) is 28.4 Å². The second-order valence-electron chi connectivity index (χ2n) is 5.95. The molecule has 3 aromatic rings. The van der Waals surface area contributed by atoms with Crippen molar-refractivity contribution in [2.24, 2.45) is 0 Å². The van der Waals surface area contributed by atoms with Crippen molar-refractivity contribution >= 4 is 22.9 Å². The number of H-pyrrole nitrogens is 1. The number of nitrogens with zero attached hydrogens (tertiary/aromatic N) is 2. The average molecular weight is 384 g/mol. The topological polar surface area (TPSA) is 115 Å². The minimum Gasteiger partial charge on any atom is -0.493 e. The zero-order chi connectivity index (χ0) is 20.1. The number of nitrogens with one attached hydrogen (secondary N) is 2. The molecule has 0 saturated heterocycles. The molecule has 28 heavy (non-hydrogen) atoms. The first-order valence-corrected chi connectivity index (χ1v) is 8.46. The number of methoxy groups -OCH3 is 3. The van der Waals surface area contributed by atoms with E-state index in [9.17, 15) is 9.59 Å². The summed E-state index contributed by atoms with van der Waals surface area (Å²) in [7, 11) is 4.35. The van der Waals surface area contributed by atoms with Gasteiger partial charge in [-0.1, -0.05) is 6.07 Å². The lowest BCUT2D eigenvalue weighted by Crippen LogP contribution is -2.30. The highest BCUT2D eigenvalue weighted by atomic mass is 16.5. The minimum atomic E-state index is -0.618. The minimum absolute atomic E-state index is 0.0378. The van der Waals surface area contributed by atoms with Crippen molar-refractivity contribution < 1.29 is 23.8 Å². The van der Waals surface area contributed by atoms with Gasteiger partial charge in [-0.25, -0.2) is 0 Å². The van der Waals surface area contributed by atoms with E-state index in [1.54, 1.807) is 36.4 Å². The third kappa shape index (κ3) is 4.03. The number of benzene rings is 2. The summed E-state index contributed by atoms with van der Waals surface area (Å²) in [6.45, 7) is 0. The van der Waals surface area contributed by atoms with Gasteiger partial charge in [0.1, 0.15) is 11.0 Å². The van der Waals surface area contributed by atoms with E-state index in [-0.39, 0.29) is 12.3 Å². The van der Waals surface area contributed by atoms with Crippen LogP contribution in [0.5, 0.6) is 11.5 Å². The summed E-state index contributed by atoms with van der Waals surface area (Å²) in [5, 5.41) is 13.3. The molecule has 0 aliphatic carbocycles. The Kier molecular flexibility index (Phi) is 5.73. The molecular weight excluding hydrogens is 364 g/mol. The van der Waals surface area contributed by atoms with Crippen LogP contribution in [-0.4, -0.2) is 48.6 Å². The lowest BCUT2D eigenvalue weighted by atomic mass is 10.0. The fourth-order valence-corrected chi connectivity index (χ4v) is 2.79. The molecule has 146 valence electrons. The summed E-state index contributed by atoms with van der Waals surface area (Å²) in [5.74, 6) is 0.236. The van der Waals surface area contributed by atoms with Crippen LogP contribution < -0.4 is 14.8 Å². The summed E-state index contributed by atoms with van der Waals surface area (Å²) in [6.07, 6.45) is -0.0378. The summed E-state index contributed by atoms with van der Waals surface area (Å²) >= 11 is 0. The Morgan fingerprint density at radius 3 is 2.46 bits per heavy atom. The Balaban J connectivity index is 1.89. The number of carbonyl (C=O) groups is 2. The first-order valence-electron chi connectivity index (χ1n) is 8.46. The number of fused-ring (bicyclic) bond motifs is 1. The quantitative estimate of drug-likeness (QED) is 0.599. The van der Waals surface area contributed by atoms with Gasteiger partial charge in [0.2, 0.25) is 0 Å². The summed E-state index contributed by atoms with van der Waals surface area (Å²) in [4.78, 5) is 24.6. The molecule has 2 aromatic carbocycles. The number of aromatic nitrogens is 3. The predicted octanol–water partition coefficient (Wildman–Crippen LogP) is 2.01. The standard InChI is InChI=1S/C19H20N4O5/c1-26-16-7-5-11(9-17(16)27-2)14(10-18(24)28-3)20-19(25)12-4-6-13-15(8-12)22-23-21-13/h4-9,14H,10H2,1-3H3,(H,20,25)(H,21,22,23)/t14-/m0/s1. The molecule has 9 heteroatoms. The lowest BCUT2D eigenvalue weighted by Gasteiger charge is -2.20. The molecule has 0 spiro atoms. The molecule has 0 fully saturated rings. The average Bonchev–Trinajstić information content (AvgIpc) is 3.20. The third-order valence-corrected chi connectivity index (χ3v) is 4.29. The normalized spacial score (nSPS) is 11.7. The SMILES string of the molecule is COC(=O)C[C@H](NC(=O)c1ccc2n[nH]nc2c1)c1ccc(OC)c(OC)c1. The van der Waals surface area contributed by atoms with Crippen molar-refractivity contribution in [1.82, 2.24) is 20.7 Å². The van der Waals surface area contributed by atoms with Crippen LogP contribution in [0.25, 0.3) is 11.0 Å². The van der Waals surface area contributed by atoms with Crippen molar-refractivity contribution in [1.29, 1.82) is 0 Å². The van der Waals surface area contributed by atoms with Crippen LogP contribution in [-0.2, 0) is 9.53 Å². The Labute approximate surface area is 161 Å². The van der Waals surface area contributed by atoms with Crippen molar-refractivity contribution in [2.75, 3.05) is 21.3 Å². The van der Waals surface area contributed by atoms with Gasteiger partial charge in [-0.15, -0.1) is 0 Å². The van der Waals surface area contributed by atoms with E-state index < -0.39 is 12.0 Å². The zero-order valence-electron chi connectivity index (χ0n) is 15.7. The highest BCUT2D eigenvalue weighted by molar-refractivity contribution is 5.97. The maximum atomic E-state index is 12.8. The fraction of sp³-hybridized carbons (Fsp3) is 0.263. The van der Waals surface area contributed by atoms with Gasteiger partial charge in [0, 0.05) is 5.56 Å². The molecule has 1 amide bonds. The van der Waals surface area contributed by atoms with Crippen LogP contribution in [0.4, 0.5) is 0 Å². The maximum absolute atomic E-state index is 12.8. The number of aromatic amines is 1. The van der Waals surface area contributed by atoms with Gasteiger partial charge in [-0.05, 0) is 35.9 Å². The van der Waals surface area contributed by atoms with Crippen LogP contribution in [0, 0.1) is 0 Å². The second kappa shape index (κ2) is 8.38. The molecule has 0 aliphatic heterocycles. The van der Waals surface area contributed by atoms with Gasteiger partial charge in [-0.3, -0.25) is 9.59 Å². The van der Waals surface area contributed by atoms with Gasteiger partial charge < -0.3 is 19.5 Å². The van der Waals surface area contributed by atoms with Crippen LogP contribution in [0.2, 0.25) is 0 Å². The molecule has 1 heterocycles. The Hall–Kier alpha value is -3.62. The van der Waals surface area contributed by atoms with Crippen LogP contribution in [0.3, 0.4) is 0 Å². The summed E-state index contributed by atoms with van der Waals surface area (Å²) in [5.41, 5.74) is 2.31. The second-order valence-corrected chi connectivity index (χ2v) is 5.95. The molecule has 0 radical (unpaired) electrons. The molecular formula is C19H20N4O5. The number of carbonyl (C=O) groups excluding carboxylic acids is 2. The molecule has 1 aromatic heterocycles. The first kappa shape index (κ1) is 19.2. The van der Waals surface area contributed by atoms with Gasteiger partial charge in [0.05, 0.1) is 33.8 Å². The van der Waals surface area contributed by atoms with E-state index in [4.69, 9.17) is 14.2 Å². The van der Waals surface area contributed by atoms with Gasteiger partial charge in [0.15, 0.2) is 11.5 Å². The highest BCUT2D eigenvalue weighted by Gasteiger charge is 2.21. The monoisotopic (exact) mass is 384 g/mol. The number of rotatable bonds is 7. The third-order valence-electron chi connectivity index (χ3n) is 4.29. The lowest BCUT2D eigenvalue weighted by molar-refractivity contribution is -0.141. The van der Waals surface area contributed by atoms with Gasteiger partial charge in [0.25, 0.3) is 5.91 Å². The molecule has 0 bridgehead atoms. The smallest absolute Gasteiger partial charge is 0.307 e. The molecule has 2 N–H and O–H groups in total. The maximum Gasteiger partial charge on any atom is 0.307 e. The molecule has 0 unspecified atom stereocenters. The first-order chi connectivity index (χ1) is 13.5. The number of ether oxygens (including phenoxy) is 3.